The third-order valence-electron chi connectivity index (χ3n) is 7.50. The molecule has 26 heavy (non-hydrogen) atoms. The predicted molar refractivity (Wildman–Crippen MR) is 98.7 cm³/mol. The van der Waals surface area contributed by atoms with Crippen molar-refractivity contribution in [1.29, 1.82) is 0 Å². The summed E-state index contributed by atoms with van der Waals surface area (Å²) in [4.78, 5) is 0. The number of phenols is 1. The van der Waals surface area contributed by atoms with Gasteiger partial charge in [-0.2, -0.15) is 0 Å². The highest BCUT2D eigenvalue weighted by Crippen LogP contribution is 2.64. The third kappa shape index (κ3) is 2.21. The van der Waals surface area contributed by atoms with Gasteiger partial charge in [0, 0.05) is 18.4 Å². The summed E-state index contributed by atoms with van der Waals surface area (Å²) in [7, 11) is 1.73. The van der Waals surface area contributed by atoms with Gasteiger partial charge in [-0.1, -0.05) is 18.9 Å². The van der Waals surface area contributed by atoms with Crippen LogP contribution in [0.5, 0.6) is 5.75 Å². The van der Waals surface area contributed by atoms with Crippen LogP contribution in [-0.2, 0) is 11.2 Å². The highest BCUT2D eigenvalue weighted by molar-refractivity contribution is 5.42. The number of methoxy groups -OCH3 is 1. The van der Waals surface area contributed by atoms with Crippen LogP contribution >= 0.6 is 0 Å². The smallest absolute Gasteiger partial charge is 0.156 e. The first-order valence-electron chi connectivity index (χ1n) is 9.54. The second-order valence-electron chi connectivity index (χ2n) is 8.51. The van der Waals surface area contributed by atoms with Gasteiger partial charge in [-0.3, -0.25) is 0 Å². The number of aromatic hydroxyl groups is 1. The Morgan fingerprint density at radius 2 is 2.08 bits per heavy atom. The lowest BCUT2D eigenvalue weighted by atomic mass is 9.52. The lowest BCUT2D eigenvalue weighted by Crippen LogP contribution is -2.57. The number of aliphatic hydroxyl groups is 2. The topological polar surface area (TPSA) is 69.9 Å². The van der Waals surface area contributed by atoms with E-state index < -0.39 is 17.1 Å². The summed E-state index contributed by atoms with van der Waals surface area (Å²) in [5.74, 6) is 6.84. The van der Waals surface area contributed by atoms with E-state index in [-0.39, 0.29) is 17.9 Å². The van der Waals surface area contributed by atoms with Crippen molar-refractivity contribution in [1.82, 2.24) is 0 Å². The number of benzene rings is 1. The molecule has 0 radical (unpaired) electrons. The molecule has 3 aliphatic rings. The Morgan fingerprint density at radius 1 is 1.31 bits per heavy atom. The minimum atomic E-state index is -1.39. The summed E-state index contributed by atoms with van der Waals surface area (Å²) in [6, 6.07) is 5.65. The first-order valence-corrected chi connectivity index (χ1v) is 9.54. The lowest BCUT2D eigenvalue weighted by Gasteiger charge is -2.54. The minimum Gasteiger partial charge on any atom is -0.508 e. The molecule has 4 rings (SSSR count). The monoisotopic (exact) mass is 356 g/mol. The average molecular weight is 356 g/mol. The zero-order valence-corrected chi connectivity index (χ0v) is 15.7. The molecule has 4 nitrogen and oxygen atoms in total. The molecule has 0 aliphatic heterocycles. The largest absolute Gasteiger partial charge is 0.508 e. The van der Waals surface area contributed by atoms with Crippen LogP contribution in [0, 0.1) is 29.1 Å². The van der Waals surface area contributed by atoms with Crippen molar-refractivity contribution in [2.45, 2.75) is 63.3 Å². The van der Waals surface area contributed by atoms with Crippen molar-refractivity contribution >= 4 is 0 Å². The molecule has 0 spiro atoms. The molecule has 2 fully saturated rings. The van der Waals surface area contributed by atoms with E-state index in [4.69, 9.17) is 4.74 Å². The van der Waals surface area contributed by atoms with Crippen LogP contribution < -0.4 is 0 Å². The molecular weight excluding hydrogens is 328 g/mol. The third-order valence-corrected chi connectivity index (χ3v) is 7.50. The maximum atomic E-state index is 11.3. The van der Waals surface area contributed by atoms with Crippen LogP contribution in [0.2, 0.25) is 0 Å². The van der Waals surface area contributed by atoms with Gasteiger partial charge >= 0.3 is 0 Å². The van der Waals surface area contributed by atoms with Gasteiger partial charge in [-0.05, 0) is 67.7 Å². The molecule has 3 N–H and O–H groups in total. The fourth-order valence-electron chi connectivity index (χ4n) is 6.27. The molecule has 1 aromatic carbocycles. The number of aliphatic hydroxyl groups excluding tert-OH is 1. The Labute approximate surface area is 155 Å². The second-order valence-corrected chi connectivity index (χ2v) is 8.51. The average Bonchev–Trinajstić information content (AvgIpc) is 2.81. The summed E-state index contributed by atoms with van der Waals surface area (Å²) < 4.78 is 5.92. The van der Waals surface area contributed by atoms with Gasteiger partial charge in [0.15, 0.2) is 5.60 Å². The highest BCUT2D eigenvalue weighted by Gasteiger charge is 2.67. The van der Waals surface area contributed by atoms with Gasteiger partial charge in [-0.15, -0.1) is 5.92 Å². The standard InChI is InChI=1S/C22H28O4/c1-4-9-22(25)19(24)11-17-16-7-5-13-10-14(23)6-8-15(13)20(16)18(26-3)12-21(17,22)2/h6,8,10,16-20,23-25H,5,7,11-12H2,1-3H3/t16?,17?,18-,19+,20?,21-,22-/m0/s1. The number of ether oxygens (including phenoxy) is 1. The lowest BCUT2D eigenvalue weighted by molar-refractivity contribution is -0.134. The molecule has 0 aromatic heterocycles. The molecule has 3 aliphatic carbocycles. The molecule has 0 amide bonds. The normalized spacial score (nSPS) is 43.7. The summed E-state index contributed by atoms with van der Waals surface area (Å²) in [5.41, 5.74) is 0.563. The first-order chi connectivity index (χ1) is 12.4. The molecule has 0 bridgehead atoms. The van der Waals surface area contributed by atoms with Gasteiger partial charge in [0.1, 0.15) is 5.75 Å². The van der Waals surface area contributed by atoms with Gasteiger partial charge in [0.05, 0.1) is 12.2 Å². The Kier molecular flexibility index (Phi) is 4.11. The maximum Gasteiger partial charge on any atom is 0.156 e. The Bertz CT molecular complexity index is 778. The van der Waals surface area contributed by atoms with Crippen LogP contribution in [0.1, 0.15) is 50.2 Å². The second kappa shape index (κ2) is 5.99. The van der Waals surface area contributed by atoms with Crippen LogP contribution in [-0.4, -0.2) is 40.2 Å². The fourth-order valence-corrected chi connectivity index (χ4v) is 6.27. The van der Waals surface area contributed by atoms with Crippen LogP contribution in [0.3, 0.4) is 0 Å². The number of hydrogen-bond acceptors (Lipinski definition) is 4. The zero-order chi connectivity index (χ0) is 18.7. The molecule has 0 saturated heterocycles. The highest BCUT2D eigenvalue weighted by atomic mass is 16.5. The van der Waals surface area contributed by atoms with E-state index in [1.54, 1.807) is 20.1 Å². The van der Waals surface area contributed by atoms with E-state index in [2.05, 4.69) is 18.8 Å². The van der Waals surface area contributed by atoms with Crippen LogP contribution in [0.25, 0.3) is 0 Å². The van der Waals surface area contributed by atoms with Gasteiger partial charge < -0.3 is 20.1 Å². The van der Waals surface area contributed by atoms with E-state index in [1.807, 2.05) is 12.1 Å². The number of hydrogen-bond donors (Lipinski definition) is 3. The summed E-state index contributed by atoms with van der Waals surface area (Å²) in [6.07, 6.45) is 2.25. The molecule has 3 unspecified atom stereocenters. The van der Waals surface area contributed by atoms with Crippen molar-refractivity contribution in [2.24, 2.45) is 17.3 Å². The molecule has 1 aromatic rings. The first kappa shape index (κ1) is 17.9. The Hall–Kier alpha value is -1.54. The van der Waals surface area contributed by atoms with E-state index in [1.165, 1.54) is 11.1 Å². The van der Waals surface area contributed by atoms with Crippen molar-refractivity contribution in [3.63, 3.8) is 0 Å². The fraction of sp³-hybridized carbons (Fsp3) is 0.636. The van der Waals surface area contributed by atoms with Crippen molar-refractivity contribution < 1.29 is 20.1 Å². The van der Waals surface area contributed by atoms with Crippen LogP contribution in [0.15, 0.2) is 18.2 Å². The van der Waals surface area contributed by atoms with Gasteiger partial charge in [0.25, 0.3) is 0 Å². The van der Waals surface area contributed by atoms with Gasteiger partial charge in [-0.25, -0.2) is 0 Å². The molecule has 4 heteroatoms. The molecule has 140 valence electrons. The summed E-state index contributed by atoms with van der Waals surface area (Å²) >= 11 is 0. The number of aryl methyl sites for hydroxylation is 1. The zero-order valence-electron chi connectivity index (χ0n) is 15.7. The number of rotatable bonds is 1. The maximum absolute atomic E-state index is 11.3. The van der Waals surface area contributed by atoms with E-state index in [0.29, 0.717) is 24.5 Å². The minimum absolute atomic E-state index is 0.0414. The van der Waals surface area contributed by atoms with Crippen molar-refractivity contribution in [3.05, 3.63) is 29.3 Å². The number of fused-ring (bicyclic) bond motifs is 5. The van der Waals surface area contributed by atoms with E-state index >= 15 is 0 Å². The Balaban J connectivity index is 1.81. The van der Waals surface area contributed by atoms with E-state index in [9.17, 15) is 15.3 Å². The summed E-state index contributed by atoms with van der Waals surface area (Å²) in [5, 5.41) is 31.9. The predicted octanol–water partition coefficient (Wildman–Crippen LogP) is 2.60. The van der Waals surface area contributed by atoms with Gasteiger partial charge in [0.2, 0.25) is 0 Å². The van der Waals surface area contributed by atoms with Crippen LogP contribution in [0.4, 0.5) is 0 Å². The number of phenolic OH excluding ortho intramolecular Hbond substituents is 1. The molecular formula is C22H28O4. The SMILES string of the molecule is CC#C[C@]1(O)[C@H](O)CC2C3CCc4cc(O)ccc4C3[C@@H](OC)C[C@@]21C. The van der Waals surface area contributed by atoms with Crippen molar-refractivity contribution in [2.75, 3.05) is 7.11 Å². The van der Waals surface area contributed by atoms with E-state index in [0.717, 1.165) is 12.8 Å². The van der Waals surface area contributed by atoms with Crippen molar-refractivity contribution in [3.8, 4) is 17.6 Å². The summed E-state index contributed by atoms with van der Waals surface area (Å²) in [6.45, 7) is 3.79. The molecule has 7 atom stereocenters. The molecule has 0 heterocycles. The molecule has 2 saturated carbocycles. The quantitative estimate of drug-likeness (QED) is 0.677. The Morgan fingerprint density at radius 3 is 2.77 bits per heavy atom.